The summed E-state index contributed by atoms with van der Waals surface area (Å²) < 4.78 is 7.15. The first-order valence-corrected chi connectivity index (χ1v) is 9.32. The van der Waals surface area contributed by atoms with Gasteiger partial charge in [-0.3, -0.25) is 9.79 Å². The van der Waals surface area contributed by atoms with Gasteiger partial charge in [-0.15, -0.1) is 24.0 Å². The summed E-state index contributed by atoms with van der Waals surface area (Å²) in [4.78, 5) is 22.6. The fourth-order valence-electron chi connectivity index (χ4n) is 3.16. The molecule has 2 atom stereocenters. The highest BCUT2D eigenvalue weighted by atomic mass is 127. The number of carbonyl (C=O) groups excluding carboxylic acids is 1. The van der Waals surface area contributed by atoms with Crippen LogP contribution < -0.4 is 5.32 Å². The smallest absolute Gasteiger partial charge is 0.305 e. The van der Waals surface area contributed by atoms with Crippen molar-refractivity contribution >= 4 is 35.9 Å². The highest BCUT2D eigenvalue weighted by Gasteiger charge is 2.28. The van der Waals surface area contributed by atoms with E-state index >= 15 is 0 Å². The van der Waals surface area contributed by atoms with Gasteiger partial charge in [0.2, 0.25) is 0 Å². The number of nitrogens with zero attached hydrogens (tertiary/aromatic N) is 4. The van der Waals surface area contributed by atoms with Gasteiger partial charge in [0.1, 0.15) is 0 Å². The van der Waals surface area contributed by atoms with Crippen molar-refractivity contribution in [3.63, 3.8) is 0 Å². The molecular formula is C18H32IN5O2. The number of hydrogen-bond acceptors (Lipinski definition) is 4. The number of likely N-dealkylation sites (tertiary alicyclic amines) is 1. The molecule has 1 fully saturated rings. The van der Waals surface area contributed by atoms with E-state index in [1.54, 1.807) is 0 Å². The fraction of sp³-hybridized carbons (Fsp3) is 0.722. The lowest BCUT2D eigenvalue weighted by Crippen LogP contribution is -2.49. The number of carbonyl (C=O) groups is 1. The summed E-state index contributed by atoms with van der Waals surface area (Å²) in [6, 6.07) is 0.402. The molecule has 2 heterocycles. The first kappa shape index (κ1) is 22.7. The van der Waals surface area contributed by atoms with E-state index in [1.165, 1.54) is 0 Å². The number of imidazole rings is 1. The second-order valence-electron chi connectivity index (χ2n) is 6.43. The van der Waals surface area contributed by atoms with Crippen molar-refractivity contribution in [1.82, 2.24) is 19.8 Å². The number of hydrogen-bond donors (Lipinski definition) is 1. The highest BCUT2D eigenvalue weighted by Crippen LogP contribution is 2.27. The van der Waals surface area contributed by atoms with Crippen LogP contribution in [0.4, 0.5) is 0 Å². The number of nitrogens with one attached hydrogen (secondary N) is 1. The van der Waals surface area contributed by atoms with Gasteiger partial charge >= 0.3 is 5.97 Å². The molecule has 1 aliphatic heterocycles. The number of piperidine rings is 1. The van der Waals surface area contributed by atoms with Crippen molar-refractivity contribution in [2.24, 2.45) is 10.9 Å². The zero-order valence-electron chi connectivity index (χ0n) is 16.1. The van der Waals surface area contributed by atoms with Crippen molar-refractivity contribution < 1.29 is 9.53 Å². The highest BCUT2D eigenvalue weighted by molar-refractivity contribution is 14.0. The number of rotatable bonds is 7. The first-order valence-electron chi connectivity index (χ1n) is 9.32. The Morgan fingerprint density at radius 2 is 2.23 bits per heavy atom. The quantitative estimate of drug-likeness (QED) is 0.215. The Morgan fingerprint density at radius 1 is 1.42 bits per heavy atom. The normalized spacial score (nSPS) is 20.4. The lowest BCUT2D eigenvalue weighted by molar-refractivity contribution is -0.143. The van der Waals surface area contributed by atoms with Crippen LogP contribution in [0, 0.1) is 5.92 Å². The minimum Gasteiger partial charge on any atom is -0.466 e. The molecule has 1 aromatic heterocycles. The summed E-state index contributed by atoms with van der Waals surface area (Å²) in [5.74, 6) is 1.40. The van der Waals surface area contributed by atoms with E-state index in [1.807, 2.05) is 25.6 Å². The molecule has 0 saturated carbocycles. The Kier molecular flexibility index (Phi) is 10.6. The van der Waals surface area contributed by atoms with Gasteiger partial charge in [-0.1, -0.05) is 6.92 Å². The average molecular weight is 477 g/mol. The predicted octanol–water partition coefficient (Wildman–Crippen LogP) is 2.69. The maximum atomic E-state index is 11.4. The van der Waals surface area contributed by atoms with Crippen molar-refractivity contribution in [2.75, 3.05) is 32.8 Å². The maximum Gasteiger partial charge on any atom is 0.305 e. The molecule has 0 radical (unpaired) electrons. The molecule has 1 N–H and O–H groups in total. The minimum absolute atomic E-state index is 0. The minimum atomic E-state index is -0.144. The van der Waals surface area contributed by atoms with Crippen LogP contribution in [0.1, 0.15) is 46.1 Å². The van der Waals surface area contributed by atoms with Crippen LogP contribution in [-0.4, -0.2) is 59.2 Å². The Balaban J connectivity index is 0.00000338. The molecule has 7 nitrogen and oxygen atoms in total. The van der Waals surface area contributed by atoms with Crippen molar-refractivity contribution in [2.45, 2.75) is 46.1 Å². The van der Waals surface area contributed by atoms with Crippen LogP contribution in [-0.2, 0) is 9.53 Å². The summed E-state index contributed by atoms with van der Waals surface area (Å²) in [5, 5.41) is 3.38. The third kappa shape index (κ3) is 6.77. The van der Waals surface area contributed by atoms with Gasteiger partial charge in [-0.2, -0.15) is 0 Å². The van der Waals surface area contributed by atoms with E-state index in [-0.39, 0.29) is 29.9 Å². The zero-order valence-corrected chi connectivity index (χ0v) is 18.4. The average Bonchev–Trinajstić information content (AvgIpc) is 3.13. The lowest BCUT2D eigenvalue weighted by Gasteiger charge is -2.39. The van der Waals surface area contributed by atoms with Crippen molar-refractivity contribution in [3.8, 4) is 0 Å². The standard InChI is InChI=1S/C18H31N5O2.HI/c1-4-20-18(21-9-6-7-17(24)25-5-2)22-11-8-15(3)16(13-22)23-12-10-19-14-23;/h10,12,14-16H,4-9,11,13H2,1-3H3,(H,20,21);1H. The molecule has 1 aromatic rings. The van der Waals surface area contributed by atoms with E-state index in [0.29, 0.717) is 38.0 Å². The molecule has 2 rings (SSSR count). The molecule has 0 aromatic carbocycles. The number of esters is 1. The Hall–Kier alpha value is -1.32. The van der Waals surface area contributed by atoms with E-state index < -0.39 is 0 Å². The van der Waals surface area contributed by atoms with Gasteiger partial charge in [0, 0.05) is 45.0 Å². The molecule has 148 valence electrons. The molecule has 0 amide bonds. The van der Waals surface area contributed by atoms with Gasteiger partial charge in [0.15, 0.2) is 5.96 Å². The monoisotopic (exact) mass is 477 g/mol. The van der Waals surface area contributed by atoms with Crippen LogP contribution in [0.15, 0.2) is 23.7 Å². The van der Waals surface area contributed by atoms with Crippen LogP contribution in [0.2, 0.25) is 0 Å². The Bertz CT molecular complexity index is 550. The summed E-state index contributed by atoms with van der Waals surface area (Å²) in [7, 11) is 0. The molecule has 0 bridgehead atoms. The van der Waals surface area contributed by atoms with Crippen LogP contribution in [0.5, 0.6) is 0 Å². The maximum absolute atomic E-state index is 11.4. The zero-order chi connectivity index (χ0) is 18.1. The van der Waals surface area contributed by atoms with Crippen LogP contribution in [0.25, 0.3) is 0 Å². The summed E-state index contributed by atoms with van der Waals surface area (Å²) in [6.45, 7) is 10.0. The van der Waals surface area contributed by atoms with E-state index in [2.05, 4.69) is 33.6 Å². The van der Waals surface area contributed by atoms with Crippen LogP contribution in [0.3, 0.4) is 0 Å². The number of guanidine groups is 1. The van der Waals surface area contributed by atoms with Gasteiger partial charge in [-0.05, 0) is 32.6 Å². The van der Waals surface area contributed by atoms with Crippen molar-refractivity contribution in [3.05, 3.63) is 18.7 Å². The molecule has 2 unspecified atom stereocenters. The summed E-state index contributed by atoms with van der Waals surface area (Å²) in [5.41, 5.74) is 0. The van der Waals surface area contributed by atoms with E-state index in [0.717, 1.165) is 32.0 Å². The predicted molar refractivity (Wildman–Crippen MR) is 114 cm³/mol. The topological polar surface area (TPSA) is 71.8 Å². The molecule has 8 heteroatoms. The Morgan fingerprint density at radius 3 is 2.88 bits per heavy atom. The molecule has 26 heavy (non-hydrogen) atoms. The number of aliphatic imine (C=N–C) groups is 1. The van der Waals surface area contributed by atoms with E-state index in [9.17, 15) is 4.79 Å². The number of ether oxygens (including phenoxy) is 1. The Labute approximate surface area is 173 Å². The lowest BCUT2D eigenvalue weighted by atomic mass is 9.93. The molecule has 0 spiro atoms. The number of aromatic nitrogens is 2. The third-order valence-corrected chi connectivity index (χ3v) is 4.57. The second kappa shape index (κ2) is 12.1. The molecule has 1 saturated heterocycles. The SMILES string of the molecule is CCNC(=NCCCC(=O)OCC)N1CCC(C)C(n2ccnc2)C1.I. The number of halogens is 1. The third-order valence-electron chi connectivity index (χ3n) is 4.57. The van der Waals surface area contributed by atoms with Gasteiger partial charge in [0.05, 0.1) is 19.0 Å². The largest absolute Gasteiger partial charge is 0.466 e. The van der Waals surface area contributed by atoms with Crippen molar-refractivity contribution in [1.29, 1.82) is 0 Å². The van der Waals surface area contributed by atoms with Crippen LogP contribution >= 0.6 is 24.0 Å². The molecular weight excluding hydrogens is 445 g/mol. The van der Waals surface area contributed by atoms with Gasteiger partial charge in [-0.25, -0.2) is 4.98 Å². The summed E-state index contributed by atoms with van der Waals surface area (Å²) in [6.07, 6.45) is 8.02. The fourth-order valence-corrected chi connectivity index (χ4v) is 3.16. The van der Waals surface area contributed by atoms with Gasteiger partial charge < -0.3 is 19.5 Å². The second-order valence-corrected chi connectivity index (χ2v) is 6.43. The molecule has 0 aliphatic carbocycles. The first-order chi connectivity index (χ1) is 12.2. The molecule has 1 aliphatic rings. The summed E-state index contributed by atoms with van der Waals surface area (Å²) >= 11 is 0. The van der Waals surface area contributed by atoms with E-state index in [4.69, 9.17) is 9.73 Å². The van der Waals surface area contributed by atoms with Gasteiger partial charge in [0.25, 0.3) is 0 Å².